The summed E-state index contributed by atoms with van der Waals surface area (Å²) in [5.74, 6) is -0.425. The Balaban J connectivity index is 2.30. The molecular formula is C17H18FNO2. The summed E-state index contributed by atoms with van der Waals surface area (Å²) in [7, 11) is 1.69. The molecule has 1 atom stereocenters. The molecule has 2 N–H and O–H groups in total. The molecule has 1 unspecified atom stereocenters. The Morgan fingerprint density at radius 3 is 2.57 bits per heavy atom. The average molecular weight is 287 g/mol. The van der Waals surface area contributed by atoms with Gasteiger partial charge in [0.05, 0.1) is 5.54 Å². The van der Waals surface area contributed by atoms with Crippen molar-refractivity contribution in [2.24, 2.45) is 0 Å². The zero-order chi connectivity index (χ0) is 15.5. The number of carbonyl (C=O) groups excluding carboxylic acids is 1. The summed E-state index contributed by atoms with van der Waals surface area (Å²) in [5.41, 5.74) is 0.283. The molecule has 21 heavy (non-hydrogen) atoms. The molecule has 0 amide bonds. The lowest BCUT2D eigenvalue weighted by molar-refractivity contribution is 0.0873. The number of carbonyl (C=O) groups is 1. The maximum absolute atomic E-state index is 13.3. The van der Waals surface area contributed by atoms with Crippen LogP contribution in [0.15, 0.2) is 48.5 Å². The molecule has 4 heteroatoms. The van der Waals surface area contributed by atoms with Crippen molar-refractivity contribution in [2.75, 3.05) is 7.05 Å². The number of Topliss-reactive ketones (excluding diaryl/α,β-unsaturated/α-hetero) is 1. The number of nitrogens with one attached hydrogen (secondary N) is 1. The van der Waals surface area contributed by atoms with E-state index in [2.05, 4.69) is 5.32 Å². The Hall–Kier alpha value is -2.20. The third-order valence-electron chi connectivity index (χ3n) is 3.61. The van der Waals surface area contributed by atoms with Gasteiger partial charge < -0.3 is 10.4 Å². The lowest BCUT2D eigenvalue weighted by Gasteiger charge is -2.28. The molecule has 110 valence electrons. The van der Waals surface area contributed by atoms with E-state index >= 15 is 0 Å². The van der Waals surface area contributed by atoms with Crippen LogP contribution in [0, 0.1) is 5.82 Å². The molecule has 0 saturated heterocycles. The fourth-order valence-corrected chi connectivity index (χ4v) is 2.30. The first-order chi connectivity index (χ1) is 9.94. The molecule has 0 aliphatic carbocycles. The van der Waals surface area contributed by atoms with Crippen molar-refractivity contribution in [3.63, 3.8) is 0 Å². The Labute approximate surface area is 123 Å². The van der Waals surface area contributed by atoms with E-state index in [4.69, 9.17) is 0 Å². The second-order valence-corrected chi connectivity index (χ2v) is 5.27. The Morgan fingerprint density at radius 1 is 1.24 bits per heavy atom. The van der Waals surface area contributed by atoms with Gasteiger partial charge in [0.25, 0.3) is 0 Å². The molecule has 2 aromatic rings. The van der Waals surface area contributed by atoms with Gasteiger partial charge in [-0.05, 0) is 50.2 Å². The van der Waals surface area contributed by atoms with Crippen LogP contribution in [-0.4, -0.2) is 23.5 Å². The van der Waals surface area contributed by atoms with E-state index in [1.165, 1.54) is 24.3 Å². The van der Waals surface area contributed by atoms with E-state index in [1.54, 1.807) is 38.2 Å². The van der Waals surface area contributed by atoms with E-state index in [0.29, 0.717) is 12.0 Å². The third kappa shape index (κ3) is 3.47. The first kappa shape index (κ1) is 15.2. The molecule has 2 aromatic carbocycles. The van der Waals surface area contributed by atoms with E-state index < -0.39 is 5.54 Å². The molecule has 0 aliphatic heterocycles. The number of benzene rings is 2. The van der Waals surface area contributed by atoms with Gasteiger partial charge in [0.15, 0.2) is 5.78 Å². The predicted molar refractivity (Wildman–Crippen MR) is 80.0 cm³/mol. The van der Waals surface area contributed by atoms with Crippen molar-refractivity contribution in [3.8, 4) is 5.75 Å². The first-order valence-electron chi connectivity index (χ1n) is 6.72. The van der Waals surface area contributed by atoms with Gasteiger partial charge in [-0.1, -0.05) is 24.3 Å². The summed E-state index contributed by atoms with van der Waals surface area (Å²) in [6.45, 7) is 1.77. The highest BCUT2D eigenvalue weighted by molar-refractivity contribution is 6.03. The van der Waals surface area contributed by atoms with Crippen LogP contribution in [0.4, 0.5) is 4.39 Å². The summed E-state index contributed by atoms with van der Waals surface area (Å²) in [6, 6.07) is 12.4. The minimum absolute atomic E-state index is 0.0464. The lowest BCUT2D eigenvalue weighted by atomic mass is 9.85. The van der Waals surface area contributed by atoms with Crippen LogP contribution in [0.5, 0.6) is 5.75 Å². The second-order valence-electron chi connectivity index (χ2n) is 5.27. The number of aromatic hydroxyl groups is 1. The highest BCUT2D eigenvalue weighted by Gasteiger charge is 2.32. The molecule has 2 rings (SSSR count). The molecule has 0 aliphatic rings. The number of likely N-dealkylation sites (N-methyl/N-ethyl adjacent to an activating group) is 1. The summed E-state index contributed by atoms with van der Waals surface area (Å²) >= 11 is 0. The monoisotopic (exact) mass is 287 g/mol. The minimum atomic E-state index is -0.873. The zero-order valence-electron chi connectivity index (χ0n) is 12.1. The van der Waals surface area contributed by atoms with Crippen molar-refractivity contribution in [1.29, 1.82) is 0 Å². The van der Waals surface area contributed by atoms with Gasteiger partial charge in [-0.25, -0.2) is 4.39 Å². The smallest absolute Gasteiger partial charge is 0.183 e. The number of ketones is 1. The van der Waals surface area contributed by atoms with Gasteiger partial charge in [-0.2, -0.15) is 0 Å². The van der Waals surface area contributed by atoms with Gasteiger partial charge in [0.1, 0.15) is 11.6 Å². The summed E-state index contributed by atoms with van der Waals surface area (Å²) < 4.78 is 13.3. The number of hydrogen-bond donors (Lipinski definition) is 2. The number of phenolic OH excluding ortho intramolecular Hbond substituents is 1. The molecule has 0 bridgehead atoms. The standard InChI is InChI=1S/C17H18FNO2/c1-17(19-2,11-12-5-3-7-14(18)9-12)16(21)13-6-4-8-15(20)10-13/h3-10,19-20H,11H2,1-2H3. The number of rotatable bonds is 5. The van der Waals surface area contributed by atoms with Crippen LogP contribution in [0.3, 0.4) is 0 Å². The molecule has 3 nitrogen and oxygen atoms in total. The van der Waals surface area contributed by atoms with Crippen LogP contribution < -0.4 is 5.32 Å². The third-order valence-corrected chi connectivity index (χ3v) is 3.61. The normalized spacial score (nSPS) is 13.7. The van der Waals surface area contributed by atoms with Crippen LogP contribution in [-0.2, 0) is 6.42 Å². The minimum Gasteiger partial charge on any atom is -0.508 e. The Morgan fingerprint density at radius 2 is 1.95 bits per heavy atom. The molecular weight excluding hydrogens is 269 g/mol. The highest BCUT2D eigenvalue weighted by Crippen LogP contribution is 2.21. The quantitative estimate of drug-likeness (QED) is 0.831. The fourth-order valence-electron chi connectivity index (χ4n) is 2.30. The SMILES string of the molecule is CNC(C)(Cc1cccc(F)c1)C(=O)c1cccc(O)c1. The van der Waals surface area contributed by atoms with Gasteiger partial charge in [0.2, 0.25) is 0 Å². The van der Waals surface area contributed by atoms with Crippen LogP contribution in [0.2, 0.25) is 0 Å². The largest absolute Gasteiger partial charge is 0.508 e. The van der Waals surface area contributed by atoms with Gasteiger partial charge in [-0.3, -0.25) is 4.79 Å². The Kier molecular flexibility index (Phi) is 4.38. The number of phenols is 1. The highest BCUT2D eigenvalue weighted by atomic mass is 19.1. The molecule has 0 aromatic heterocycles. The molecule has 0 saturated carbocycles. The van der Waals surface area contributed by atoms with E-state index in [0.717, 1.165) is 5.56 Å². The molecule has 0 radical (unpaired) electrons. The van der Waals surface area contributed by atoms with Crippen LogP contribution in [0.1, 0.15) is 22.8 Å². The lowest BCUT2D eigenvalue weighted by Crippen LogP contribution is -2.49. The van der Waals surface area contributed by atoms with Gasteiger partial charge in [-0.15, -0.1) is 0 Å². The second kappa shape index (κ2) is 6.06. The van der Waals surface area contributed by atoms with Crippen molar-refractivity contribution >= 4 is 5.78 Å². The topological polar surface area (TPSA) is 49.3 Å². The van der Waals surface area contributed by atoms with E-state index in [1.807, 2.05) is 0 Å². The molecule has 0 spiro atoms. The van der Waals surface area contributed by atoms with Gasteiger partial charge in [0, 0.05) is 5.56 Å². The van der Waals surface area contributed by atoms with Crippen molar-refractivity contribution < 1.29 is 14.3 Å². The maximum Gasteiger partial charge on any atom is 0.183 e. The maximum atomic E-state index is 13.3. The van der Waals surface area contributed by atoms with E-state index in [9.17, 15) is 14.3 Å². The first-order valence-corrected chi connectivity index (χ1v) is 6.72. The molecule has 0 fully saturated rings. The van der Waals surface area contributed by atoms with E-state index in [-0.39, 0.29) is 17.3 Å². The van der Waals surface area contributed by atoms with Crippen molar-refractivity contribution in [2.45, 2.75) is 18.9 Å². The summed E-state index contributed by atoms with van der Waals surface area (Å²) in [6.07, 6.45) is 0.357. The zero-order valence-corrected chi connectivity index (χ0v) is 12.1. The molecule has 0 heterocycles. The number of hydrogen-bond acceptors (Lipinski definition) is 3. The van der Waals surface area contributed by atoms with Crippen molar-refractivity contribution in [3.05, 3.63) is 65.5 Å². The summed E-state index contributed by atoms with van der Waals surface area (Å²) in [5, 5.41) is 12.5. The average Bonchev–Trinajstić information content (AvgIpc) is 2.46. The predicted octanol–water partition coefficient (Wildman–Crippen LogP) is 2.93. The van der Waals surface area contributed by atoms with Crippen LogP contribution >= 0.6 is 0 Å². The van der Waals surface area contributed by atoms with Crippen LogP contribution in [0.25, 0.3) is 0 Å². The summed E-state index contributed by atoms with van der Waals surface area (Å²) in [4.78, 5) is 12.7. The fraction of sp³-hybridized carbons (Fsp3) is 0.235. The number of halogens is 1. The van der Waals surface area contributed by atoms with Gasteiger partial charge >= 0.3 is 0 Å². The van der Waals surface area contributed by atoms with Crippen molar-refractivity contribution in [1.82, 2.24) is 5.32 Å². The Bertz CT molecular complexity index is 657.